The van der Waals surface area contributed by atoms with Crippen LogP contribution in [-0.2, 0) is 35.0 Å². The summed E-state index contributed by atoms with van der Waals surface area (Å²) in [6.45, 7) is 24.1. The topological polar surface area (TPSA) is 140 Å². The number of aromatic amines is 2. The van der Waals surface area contributed by atoms with Crippen molar-refractivity contribution in [2.75, 3.05) is 19.3 Å². The van der Waals surface area contributed by atoms with Crippen molar-refractivity contribution >= 4 is 80.5 Å². The van der Waals surface area contributed by atoms with Crippen LogP contribution in [0.5, 0.6) is 0 Å². The normalized spacial score (nSPS) is 20.2. The monoisotopic (exact) mass is 835 g/mol. The van der Waals surface area contributed by atoms with Gasteiger partial charge in [-0.3, -0.25) is 14.4 Å². The number of rotatable bonds is 13. The molecule has 11 nitrogen and oxygen atoms in total. The molecule has 60 heavy (non-hydrogen) atoms. The lowest BCUT2D eigenvalue weighted by atomic mass is 9.92. The van der Waals surface area contributed by atoms with E-state index in [2.05, 4.69) is 82.4 Å². The molecular formula is C48H61N5O6S. The lowest BCUT2D eigenvalue weighted by molar-refractivity contribution is -0.210. The molecule has 0 aliphatic carbocycles. The van der Waals surface area contributed by atoms with Gasteiger partial charge in [0.05, 0.1) is 28.9 Å². The number of hydrogen-bond donors (Lipinski definition) is 2. The number of aromatic nitrogens is 4. The van der Waals surface area contributed by atoms with Crippen LogP contribution in [0.25, 0.3) is 50.9 Å². The van der Waals surface area contributed by atoms with Gasteiger partial charge in [0.15, 0.2) is 6.10 Å². The van der Waals surface area contributed by atoms with Crippen molar-refractivity contribution in [3.8, 4) is 0 Å². The minimum atomic E-state index is -0.661. The molecule has 3 aromatic heterocycles. The molecule has 12 heteroatoms. The highest BCUT2D eigenvalue weighted by Gasteiger charge is 2.47. The summed E-state index contributed by atoms with van der Waals surface area (Å²) in [6, 6.07) is 6.44. The largest absolute Gasteiger partial charge is 0.458 e. The maximum Gasteiger partial charge on any atom is 0.303 e. The Morgan fingerprint density at radius 2 is 1.57 bits per heavy atom. The van der Waals surface area contributed by atoms with Gasteiger partial charge < -0.3 is 29.1 Å². The Morgan fingerprint density at radius 3 is 2.23 bits per heavy atom. The summed E-state index contributed by atoms with van der Waals surface area (Å²) in [5.74, 6) is -0.266. The molecule has 0 radical (unpaired) electrons. The van der Waals surface area contributed by atoms with Crippen molar-refractivity contribution < 1.29 is 28.6 Å². The van der Waals surface area contributed by atoms with Gasteiger partial charge in [-0.2, -0.15) is 0 Å². The van der Waals surface area contributed by atoms with Gasteiger partial charge in [-0.25, -0.2) is 9.97 Å². The summed E-state index contributed by atoms with van der Waals surface area (Å²) < 4.78 is 17.6. The first-order valence-corrected chi connectivity index (χ1v) is 22.2. The molecule has 6 heterocycles. The van der Waals surface area contributed by atoms with Crippen molar-refractivity contribution in [3.05, 3.63) is 75.4 Å². The molecule has 3 aromatic rings. The second-order valence-electron chi connectivity index (χ2n) is 16.3. The molecular weight excluding hydrogens is 775 g/mol. The van der Waals surface area contributed by atoms with Crippen LogP contribution < -0.4 is 0 Å². The van der Waals surface area contributed by atoms with E-state index in [0.29, 0.717) is 25.8 Å². The van der Waals surface area contributed by atoms with Crippen LogP contribution >= 0.6 is 11.8 Å². The first-order chi connectivity index (χ1) is 28.6. The van der Waals surface area contributed by atoms with E-state index in [9.17, 15) is 14.4 Å². The molecule has 5 atom stereocenters. The number of H-pyrrole nitrogens is 2. The van der Waals surface area contributed by atoms with E-state index in [1.54, 1.807) is 16.7 Å². The number of nitrogens with zero attached hydrogens (tertiary/aromatic N) is 3. The van der Waals surface area contributed by atoms with Crippen LogP contribution in [0.4, 0.5) is 0 Å². The third kappa shape index (κ3) is 9.19. The summed E-state index contributed by atoms with van der Waals surface area (Å²) in [5.41, 5.74) is 16.1. The first-order valence-electron chi connectivity index (χ1n) is 21.2. The number of nitrogens with one attached hydrogen (secondary N) is 2. The predicted molar refractivity (Wildman–Crippen MR) is 244 cm³/mol. The van der Waals surface area contributed by atoms with Crippen LogP contribution in [0.1, 0.15) is 125 Å². The fourth-order valence-electron chi connectivity index (χ4n) is 8.65. The van der Waals surface area contributed by atoms with Crippen LogP contribution in [-0.4, -0.2) is 85.8 Å². The molecule has 6 rings (SSSR count). The minimum absolute atomic E-state index is 0.0583. The van der Waals surface area contributed by atoms with Crippen molar-refractivity contribution in [2.45, 2.75) is 125 Å². The number of esters is 2. The summed E-state index contributed by atoms with van der Waals surface area (Å²) in [4.78, 5) is 57.2. The molecule has 8 bridgehead atoms. The van der Waals surface area contributed by atoms with Crippen molar-refractivity contribution in [1.82, 2.24) is 24.8 Å². The predicted octanol–water partition coefficient (Wildman–Crippen LogP) is 9.93. The molecule has 0 saturated carbocycles. The summed E-state index contributed by atoms with van der Waals surface area (Å²) in [7, 11) is 1.85. The molecule has 0 unspecified atom stereocenters. The van der Waals surface area contributed by atoms with Gasteiger partial charge >= 0.3 is 11.9 Å². The zero-order chi connectivity index (χ0) is 43.6. The second kappa shape index (κ2) is 18.8. The highest BCUT2D eigenvalue weighted by molar-refractivity contribution is 7.99. The van der Waals surface area contributed by atoms with Crippen molar-refractivity contribution in [1.29, 1.82) is 0 Å². The Labute approximate surface area is 358 Å². The number of hydrogen-bond acceptors (Lipinski definition) is 9. The quantitative estimate of drug-likeness (QED) is 0.127. The first kappa shape index (κ1) is 44.6. The van der Waals surface area contributed by atoms with E-state index in [4.69, 9.17) is 24.2 Å². The highest BCUT2D eigenvalue weighted by atomic mass is 32.2. The Balaban J connectivity index is 1.23. The molecule has 320 valence electrons. The van der Waals surface area contributed by atoms with Crippen LogP contribution in [0, 0.1) is 26.7 Å². The molecule has 3 aliphatic rings. The maximum absolute atomic E-state index is 13.7. The average molecular weight is 836 g/mol. The molecule has 1 saturated heterocycles. The summed E-state index contributed by atoms with van der Waals surface area (Å²) in [5, 5.41) is 0. The van der Waals surface area contributed by atoms with E-state index in [1.165, 1.54) is 25.0 Å². The molecule has 2 N–H and O–H groups in total. The third-order valence-electron chi connectivity index (χ3n) is 12.2. The van der Waals surface area contributed by atoms with E-state index in [1.807, 2.05) is 27.0 Å². The lowest BCUT2D eigenvalue weighted by Crippen LogP contribution is -2.55. The van der Waals surface area contributed by atoms with Gasteiger partial charge in [0.1, 0.15) is 11.5 Å². The smallest absolute Gasteiger partial charge is 0.303 e. The van der Waals surface area contributed by atoms with Crippen LogP contribution in [0.3, 0.4) is 0 Å². The van der Waals surface area contributed by atoms with Gasteiger partial charge in [-0.15, -0.1) is 11.8 Å². The second-order valence-corrected chi connectivity index (χ2v) is 17.5. The average Bonchev–Trinajstić information content (AvgIpc) is 3.91. The number of aryl methyl sites for hydroxylation is 3. The number of thioether (sulfide) groups is 1. The highest BCUT2D eigenvalue weighted by Crippen LogP contribution is 2.39. The zero-order valence-corrected chi connectivity index (χ0v) is 37.9. The minimum Gasteiger partial charge on any atom is -0.458 e. The van der Waals surface area contributed by atoms with Crippen LogP contribution in [0.15, 0.2) is 24.8 Å². The van der Waals surface area contributed by atoms with Crippen molar-refractivity contribution in [2.24, 2.45) is 5.92 Å². The Morgan fingerprint density at radius 1 is 0.900 bits per heavy atom. The number of amides is 1. The summed E-state index contributed by atoms with van der Waals surface area (Å²) in [6.07, 6.45) is 5.50. The number of carbonyl (C=O) groups excluding carboxylic acids is 3. The third-order valence-corrected chi connectivity index (χ3v) is 13.6. The number of ether oxygens (including phenoxy) is 3. The Bertz CT molecular complexity index is 2420. The van der Waals surface area contributed by atoms with Gasteiger partial charge in [-0.05, 0) is 124 Å². The lowest BCUT2D eigenvalue weighted by Gasteiger charge is -2.44. The Hall–Kier alpha value is -4.94. The van der Waals surface area contributed by atoms with Crippen molar-refractivity contribution in [3.63, 3.8) is 0 Å². The van der Waals surface area contributed by atoms with E-state index in [-0.39, 0.29) is 17.3 Å². The standard InChI is InChI=1S/C48H61N5O6S/c1-13-33-27(6)39-24-42-34(14-2)26(5)38(50-42)23-40-28(7)35(45(52-40)29(8)37-21-25(4)36(49-37)22-41(33)51-39)17-18-44(56)53(12)19-16-20-60-48-30(9)46(57-31(10)54)47(58-32(11)55)43(15-3)59-48/h14,21-24,30,43,46-48,50-51H,2,13,15-20H2,1,3-12H3/t30-,43+,46+,47+,48+/m0/s1. The fourth-order valence-corrected chi connectivity index (χ4v) is 9.86. The van der Waals surface area contributed by atoms with Gasteiger partial charge in [0.2, 0.25) is 5.91 Å². The molecule has 1 amide bonds. The van der Waals surface area contributed by atoms with Gasteiger partial charge in [0.25, 0.3) is 0 Å². The van der Waals surface area contributed by atoms with E-state index < -0.39 is 30.3 Å². The molecule has 3 aliphatic heterocycles. The molecule has 0 aromatic carbocycles. The van der Waals surface area contributed by atoms with Crippen LogP contribution in [0.2, 0.25) is 0 Å². The SMILES string of the molecule is C=Cc1c(C)c2cc3nc(c(C)c4nc(cc5[nH]c(cc1[nH]2)c(C)c5CC)C(C)=C4)C(CCC(=O)N(C)CCCS[C@H]1O[C@H](CC)[C@@H](OC(C)=O)[C@H](OC(C)=O)[C@@H]1C)=C3C. The molecule has 0 spiro atoms. The number of carbonyl (C=O) groups is 3. The van der Waals surface area contributed by atoms with Gasteiger partial charge in [0, 0.05) is 73.0 Å². The molecule has 1 fully saturated rings. The van der Waals surface area contributed by atoms with Gasteiger partial charge in [-0.1, -0.05) is 33.4 Å². The maximum atomic E-state index is 13.7. The fraction of sp³-hybridized carbons (Fsp3) is 0.479. The Kier molecular flexibility index (Phi) is 14.0. The zero-order valence-electron chi connectivity index (χ0n) is 37.1. The van der Waals surface area contributed by atoms with E-state index >= 15 is 0 Å². The van der Waals surface area contributed by atoms with E-state index in [0.717, 1.165) is 96.8 Å². The number of fused-ring (bicyclic) bond motifs is 8. The number of allylic oxidation sites excluding steroid dienone is 3. The summed E-state index contributed by atoms with van der Waals surface area (Å²) >= 11 is 1.64.